The Labute approximate surface area is 120 Å². The van der Waals surface area contributed by atoms with Gasteiger partial charge in [0.1, 0.15) is 0 Å². The molecule has 4 heteroatoms. The summed E-state index contributed by atoms with van der Waals surface area (Å²) in [5, 5.41) is 9.55. The molecule has 0 aliphatic heterocycles. The Kier molecular flexibility index (Phi) is 4.68. The van der Waals surface area contributed by atoms with Gasteiger partial charge in [-0.15, -0.1) is 0 Å². The van der Waals surface area contributed by atoms with E-state index in [4.69, 9.17) is 22.6 Å². The van der Waals surface area contributed by atoms with Crippen LogP contribution in [-0.4, -0.2) is 18.6 Å². The number of hydrogen-bond acceptors (Lipinski definition) is 3. The van der Waals surface area contributed by atoms with Gasteiger partial charge in [-0.2, -0.15) is 5.26 Å². The number of anilines is 1. The van der Waals surface area contributed by atoms with Crippen LogP contribution in [-0.2, 0) is 0 Å². The first-order valence-electron chi connectivity index (χ1n) is 6.87. The van der Waals surface area contributed by atoms with E-state index in [1.54, 1.807) is 6.07 Å². The van der Waals surface area contributed by atoms with Crippen LogP contribution in [0.15, 0.2) is 18.2 Å². The van der Waals surface area contributed by atoms with Gasteiger partial charge in [0.05, 0.1) is 22.3 Å². The van der Waals surface area contributed by atoms with Crippen molar-refractivity contribution in [3.63, 3.8) is 0 Å². The third kappa shape index (κ3) is 3.20. The first-order valence-corrected chi connectivity index (χ1v) is 7.25. The van der Waals surface area contributed by atoms with Crippen LogP contribution >= 0.6 is 11.6 Å². The minimum atomic E-state index is 0.353. The molecular formula is C15H20ClN3. The summed E-state index contributed by atoms with van der Waals surface area (Å²) < 4.78 is 0. The number of rotatable bonds is 3. The topological polar surface area (TPSA) is 53.0 Å². The fourth-order valence-electron chi connectivity index (χ4n) is 2.85. The zero-order valence-corrected chi connectivity index (χ0v) is 12.0. The molecule has 2 rings (SSSR count). The lowest BCUT2D eigenvalue weighted by Crippen LogP contribution is -2.41. The summed E-state index contributed by atoms with van der Waals surface area (Å²) in [6.07, 6.45) is 4.39. The predicted molar refractivity (Wildman–Crippen MR) is 79.4 cm³/mol. The predicted octanol–water partition coefficient (Wildman–Crippen LogP) is 3.31. The highest BCUT2D eigenvalue weighted by Crippen LogP contribution is 2.32. The average molecular weight is 278 g/mol. The van der Waals surface area contributed by atoms with Gasteiger partial charge in [0, 0.05) is 18.6 Å². The molecule has 2 N–H and O–H groups in total. The summed E-state index contributed by atoms with van der Waals surface area (Å²) >= 11 is 6.31. The maximum absolute atomic E-state index is 8.89. The molecule has 0 saturated heterocycles. The van der Waals surface area contributed by atoms with E-state index in [-0.39, 0.29) is 0 Å². The van der Waals surface area contributed by atoms with Crippen molar-refractivity contribution in [2.45, 2.75) is 44.7 Å². The second-order valence-electron chi connectivity index (χ2n) is 5.13. The van der Waals surface area contributed by atoms with Crippen LogP contribution in [0, 0.1) is 11.3 Å². The van der Waals surface area contributed by atoms with E-state index in [1.807, 2.05) is 12.1 Å². The zero-order chi connectivity index (χ0) is 13.8. The maximum Gasteiger partial charge on any atom is 0.0992 e. The Morgan fingerprint density at radius 3 is 2.58 bits per heavy atom. The first-order chi connectivity index (χ1) is 9.15. The highest BCUT2D eigenvalue weighted by atomic mass is 35.5. The SMILES string of the molecule is CCN(c1ccc(C#N)cc1Cl)C1CCC(N)CC1. The van der Waals surface area contributed by atoms with E-state index < -0.39 is 0 Å². The molecule has 0 heterocycles. The Balaban J connectivity index is 2.20. The number of benzene rings is 1. The molecule has 0 bridgehead atoms. The van der Waals surface area contributed by atoms with Gasteiger partial charge < -0.3 is 10.6 Å². The molecule has 0 aromatic heterocycles. The second kappa shape index (κ2) is 6.27. The summed E-state index contributed by atoms with van der Waals surface area (Å²) in [5.74, 6) is 0. The molecule has 1 aromatic rings. The molecule has 19 heavy (non-hydrogen) atoms. The van der Waals surface area contributed by atoms with Crippen LogP contribution in [0.3, 0.4) is 0 Å². The largest absolute Gasteiger partial charge is 0.368 e. The molecule has 3 nitrogen and oxygen atoms in total. The number of nitrogens with two attached hydrogens (primary N) is 1. The highest BCUT2D eigenvalue weighted by Gasteiger charge is 2.24. The second-order valence-corrected chi connectivity index (χ2v) is 5.54. The van der Waals surface area contributed by atoms with E-state index in [0.29, 0.717) is 22.7 Å². The van der Waals surface area contributed by atoms with Crippen LogP contribution in [0.4, 0.5) is 5.69 Å². The summed E-state index contributed by atoms with van der Waals surface area (Å²) in [4.78, 5) is 2.34. The standard InChI is InChI=1S/C15H20ClN3/c1-2-19(13-6-4-12(18)5-7-13)15-8-3-11(10-17)9-14(15)16/h3,8-9,12-13H,2,4-7,18H2,1H3. The fourth-order valence-corrected chi connectivity index (χ4v) is 3.14. The van der Waals surface area contributed by atoms with Crippen molar-refractivity contribution < 1.29 is 0 Å². The van der Waals surface area contributed by atoms with Gasteiger partial charge in [-0.1, -0.05) is 11.6 Å². The van der Waals surface area contributed by atoms with Gasteiger partial charge in [0.25, 0.3) is 0 Å². The zero-order valence-electron chi connectivity index (χ0n) is 11.3. The van der Waals surface area contributed by atoms with E-state index in [0.717, 1.165) is 37.9 Å². The van der Waals surface area contributed by atoms with E-state index in [9.17, 15) is 0 Å². The molecule has 1 fully saturated rings. The molecule has 1 aliphatic carbocycles. The molecule has 1 aliphatic rings. The van der Waals surface area contributed by atoms with Crippen molar-refractivity contribution in [3.8, 4) is 6.07 Å². The Morgan fingerprint density at radius 1 is 1.37 bits per heavy atom. The van der Waals surface area contributed by atoms with Gasteiger partial charge in [0.15, 0.2) is 0 Å². The monoisotopic (exact) mass is 277 g/mol. The summed E-state index contributed by atoms with van der Waals surface area (Å²) in [5.41, 5.74) is 7.60. The van der Waals surface area contributed by atoms with Gasteiger partial charge in [0.2, 0.25) is 0 Å². The number of hydrogen-bond donors (Lipinski definition) is 1. The normalized spacial score (nSPS) is 22.8. The molecule has 1 aromatic carbocycles. The van der Waals surface area contributed by atoms with E-state index >= 15 is 0 Å². The van der Waals surface area contributed by atoms with Gasteiger partial charge >= 0.3 is 0 Å². The van der Waals surface area contributed by atoms with E-state index in [1.165, 1.54) is 0 Å². The summed E-state index contributed by atoms with van der Waals surface area (Å²) in [7, 11) is 0. The highest BCUT2D eigenvalue weighted by molar-refractivity contribution is 6.33. The minimum Gasteiger partial charge on any atom is -0.368 e. The quantitative estimate of drug-likeness (QED) is 0.922. The lowest BCUT2D eigenvalue weighted by molar-refractivity contribution is 0.378. The average Bonchev–Trinajstić information content (AvgIpc) is 2.43. The van der Waals surface area contributed by atoms with Crippen molar-refractivity contribution in [1.29, 1.82) is 5.26 Å². The number of nitriles is 1. The van der Waals surface area contributed by atoms with Crippen molar-refractivity contribution in [3.05, 3.63) is 28.8 Å². The molecule has 102 valence electrons. The van der Waals surface area contributed by atoms with E-state index in [2.05, 4.69) is 17.9 Å². The number of halogens is 1. The summed E-state index contributed by atoms with van der Waals surface area (Å²) in [6, 6.07) is 8.51. The number of nitrogens with zero attached hydrogens (tertiary/aromatic N) is 2. The molecule has 1 saturated carbocycles. The van der Waals surface area contributed by atoms with Crippen LogP contribution < -0.4 is 10.6 Å². The summed E-state index contributed by atoms with van der Waals surface area (Å²) in [6.45, 7) is 3.06. The Morgan fingerprint density at radius 2 is 2.05 bits per heavy atom. The van der Waals surface area contributed by atoms with Crippen LogP contribution in [0.2, 0.25) is 5.02 Å². The Hall–Kier alpha value is -1.24. The van der Waals surface area contributed by atoms with Crippen LogP contribution in [0.25, 0.3) is 0 Å². The minimum absolute atomic E-state index is 0.353. The lowest BCUT2D eigenvalue weighted by Gasteiger charge is -2.37. The van der Waals surface area contributed by atoms with Crippen molar-refractivity contribution in [1.82, 2.24) is 0 Å². The van der Waals surface area contributed by atoms with Gasteiger partial charge in [-0.25, -0.2) is 0 Å². The molecule has 0 spiro atoms. The van der Waals surface area contributed by atoms with Crippen molar-refractivity contribution >= 4 is 17.3 Å². The third-order valence-corrected chi connectivity index (χ3v) is 4.21. The van der Waals surface area contributed by atoms with Crippen LogP contribution in [0.1, 0.15) is 38.2 Å². The lowest BCUT2D eigenvalue weighted by atomic mass is 9.90. The third-order valence-electron chi connectivity index (χ3n) is 3.91. The van der Waals surface area contributed by atoms with Crippen molar-refractivity contribution in [2.24, 2.45) is 5.73 Å². The van der Waals surface area contributed by atoms with Crippen molar-refractivity contribution in [2.75, 3.05) is 11.4 Å². The first kappa shape index (κ1) is 14.2. The Bertz CT molecular complexity index is 473. The van der Waals surface area contributed by atoms with Gasteiger partial charge in [-0.3, -0.25) is 0 Å². The molecule has 0 unspecified atom stereocenters. The molecule has 0 radical (unpaired) electrons. The van der Waals surface area contributed by atoms with Crippen LogP contribution in [0.5, 0.6) is 0 Å². The molecular weight excluding hydrogens is 258 g/mol. The molecule has 0 atom stereocenters. The fraction of sp³-hybridized carbons (Fsp3) is 0.533. The molecule has 0 amide bonds. The smallest absolute Gasteiger partial charge is 0.0992 e. The maximum atomic E-state index is 8.89. The van der Waals surface area contributed by atoms with Gasteiger partial charge in [-0.05, 0) is 50.8 Å².